The van der Waals surface area contributed by atoms with Crippen molar-refractivity contribution in [3.8, 4) is 0 Å². The summed E-state index contributed by atoms with van der Waals surface area (Å²) in [5.74, 6) is -0.627. The molecule has 0 aromatic carbocycles. The molecule has 3 rings (SSSR count). The number of hydrogen-bond acceptors (Lipinski definition) is 16. The van der Waals surface area contributed by atoms with Crippen LogP contribution in [-0.2, 0) is 28.5 Å². The summed E-state index contributed by atoms with van der Waals surface area (Å²) in [6, 6.07) is -1.40. The van der Waals surface area contributed by atoms with Crippen LogP contribution in [0.15, 0.2) is 0 Å². The summed E-state index contributed by atoms with van der Waals surface area (Å²) in [7, 11) is 0. The van der Waals surface area contributed by atoms with Crippen LogP contribution >= 0.6 is 0 Å². The summed E-state index contributed by atoms with van der Waals surface area (Å²) in [5.41, 5.74) is 0. The maximum absolute atomic E-state index is 11.5. The molecule has 3 aliphatic rings. The van der Waals surface area contributed by atoms with Crippen molar-refractivity contribution >= 4 is 5.91 Å². The Kier molecular flexibility index (Phi) is 10.5. The molecule has 17 nitrogen and oxygen atoms in total. The normalized spacial score (nSPS) is 49.0. The van der Waals surface area contributed by atoms with Crippen LogP contribution < -0.4 is 5.32 Å². The largest absolute Gasteiger partial charge is 0.394 e. The van der Waals surface area contributed by atoms with E-state index in [1.54, 1.807) is 0 Å². The van der Waals surface area contributed by atoms with Crippen molar-refractivity contribution in [1.29, 1.82) is 0 Å². The number of hydrogen-bond donors (Lipinski definition) is 11. The molecule has 216 valence electrons. The van der Waals surface area contributed by atoms with Crippen molar-refractivity contribution < 1.29 is 79.5 Å². The summed E-state index contributed by atoms with van der Waals surface area (Å²) in [6.07, 6.45) is -23.4. The molecule has 3 aliphatic heterocycles. The first-order valence-corrected chi connectivity index (χ1v) is 11.6. The van der Waals surface area contributed by atoms with Gasteiger partial charge >= 0.3 is 0 Å². The average Bonchev–Trinajstić information content (AvgIpc) is 2.86. The summed E-state index contributed by atoms with van der Waals surface area (Å²) in [4.78, 5) is 11.5. The number of amides is 1. The Hall–Kier alpha value is -1.13. The van der Waals surface area contributed by atoms with Gasteiger partial charge in [0.1, 0.15) is 73.2 Å². The highest BCUT2D eigenvalue weighted by Crippen LogP contribution is 2.32. The van der Waals surface area contributed by atoms with Crippen LogP contribution in [0.25, 0.3) is 0 Å². The van der Waals surface area contributed by atoms with Gasteiger partial charge in [-0.2, -0.15) is 0 Å². The minimum atomic E-state index is -1.91. The molecule has 3 fully saturated rings. The Morgan fingerprint density at radius 1 is 0.649 bits per heavy atom. The second kappa shape index (κ2) is 12.8. The predicted octanol–water partition coefficient (Wildman–Crippen LogP) is -7.43. The Labute approximate surface area is 210 Å². The highest BCUT2D eigenvalue weighted by atomic mass is 16.7. The fourth-order valence-corrected chi connectivity index (χ4v) is 4.46. The van der Waals surface area contributed by atoms with E-state index in [-0.39, 0.29) is 0 Å². The van der Waals surface area contributed by atoms with Crippen LogP contribution in [0, 0.1) is 0 Å². The van der Waals surface area contributed by atoms with E-state index in [1.165, 1.54) is 0 Å². The topological polar surface area (TPSA) is 278 Å². The summed E-state index contributed by atoms with van der Waals surface area (Å²) in [6.45, 7) is -1.23. The molecule has 1 unspecified atom stereocenters. The molecular formula is C20H35NO16. The molecule has 15 atom stereocenters. The first kappa shape index (κ1) is 30.4. The van der Waals surface area contributed by atoms with Crippen molar-refractivity contribution in [3.63, 3.8) is 0 Å². The van der Waals surface area contributed by atoms with E-state index < -0.39 is 118 Å². The van der Waals surface area contributed by atoms with Crippen molar-refractivity contribution in [2.45, 2.75) is 99.0 Å². The maximum Gasteiger partial charge on any atom is 0.217 e. The zero-order valence-corrected chi connectivity index (χ0v) is 19.7. The molecule has 0 aliphatic carbocycles. The van der Waals surface area contributed by atoms with Crippen LogP contribution in [0.3, 0.4) is 0 Å². The number of rotatable bonds is 8. The molecule has 3 saturated heterocycles. The lowest BCUT2D eigenvalue weighted by Crippen LogP contribution is -2.68. The quantitative estimate of drug-likeness (QED) is 0.135. The maximum atomic E-state index is 11.5. The zero-order valence-electron chi connectivity index (χ0n) is 19.7. The minimum Gasteiger partial charge on any atom is -0.394 e. The van der Waals surface area contributed by atoms with Gasteiger partial charge < -0.3 is 80.1 Å². The molecule has 1 amide bonds. The number of carbonyl (C=O) groups excluding carboxylic acids is 1. The number of aliphatic hydroxyl groups excluding tert-OH is 10. The van der Waals surface area contributed by atoms with E-state index in [1.807, 2.05) is 0 Å². The average molecular weight is 545 g/mol. The molecule has 3 heterocycles. The van der Waals surface area contributed by atoms with Crippen molar-refractivity contribution in [1.82, 2.24) is 5.32 Å². The first-order valence-electron chi connectivity index (χ1n) is 11.6. The Morgan fingerprint density at radius 3 is 1.70 bits per heavy atom. The minimum absolute atomic E-state index is 0.627. The Bertz CT molecular complexity index is 745. The lowest BCUT2D eigenvalue weighted by Gasteiger charge is -2.48. The zero-order chi connectivity index (χ0) is 27.6. The van der Waals surface area contributed by atoms with Crippen molar-refractivity contribution in [2.75, 3.05) is 19.8 Å². The van der Waals surface area contributed by atoms with Crippen molar-refractivity contribution in [2.24, 2.45) is 0 Å². The van der Waals surface area contributed by atoms with Gasteiger partial charge in [0.25, 0.3) is 0 Å². The van der Waals surface area contributed by atoms with Gasteiger partial charge in [-0.1, -0.05) is 0 Å². The van der Waals surface area contributed by atoms with Crippen LogP contribution in [0.1, 0.15) is 6.92 Å². The van der Waals surface area contributed by atoms with Gasteiger partial charge in [0.2, 0.25) is 5.91 Å². The fourth-order valence-electron chi connectivity index (χ4n) is 4.46. The van der Waals surface area contributed by atoms with Gasteiger partial charge in [-0.3, -0.25) is 4.79 Å². The Balaban J connectivity index is 1.80. The molecule has 0 aromatic rings. The number of nitrogens with one attached hydrogen (secondary N) is 1. The van der Waals surface area contributed by atoms with Gasteiger partial charge in [0.05, 0.1) is 19.8 Å². The van der Waals surface area contributed by atoms with E-state index in [2.05, 4.69) is 5.32 Å². The van der Waals surface area contributed by atoms with Gasteiger partial charge in [-0.05, 0) is 0 Å². The molecule has 11 N–H and O–H groups in total. The molecule has 0 radical (unpaired) electrons. The first-order chi connectivity index (χ1) is 17.4. The van der Waals surface area contributed by atoms with E-state index >= 15 is 0 Å². The molecule has 17 heteroatoms. The van der Waals surface area contributed by atoms with Crippen LogP contribution in [0.2, 0.25) is 0 Å². The summed E-state index contributed by atoms with van der Waals surface area (Å²) in [5, 5.41) is 103. The lowest BCUT2D eigenvalue weighted by atomic mass is 9.95. The van der Waals surface area contributed by atoms with Crippen molar-refractivity contribution in [3.05, 3.63) is 0 Å². The van der Waals surface area contributed by atoms with Crippen LogP contribution in [-0.4, -0.2) is 169 Å². The number of carbonyl (C=O) groups is 1. The van der Waals surface area contributed by atoms with E-state index in [0.717, 1.165) is 6.92 Å². The van der Waals surface area contributed by atoms with Gasteiger partial charge in [-0.15, -0.1) is 0 Å². The molecule has 37 heavy (non-hydrogen) atoms. The van der Waals surface area contributed by atoms with Gasteiger partial charge in [0, 0.05) is 6.92 Å². The third-order valence-corrected chi connectivity index (χ3v) is 6.50. The highest BCUT2D eigenvalue weighted by Gasteiger charge is 2.53. The van der Waals surface area contributed by atoms with Gasteiger partial charge in [0.15, 0.2) is 18.9 Å². The summed E-state index contributed by atoms with van der Waals surface area (Å²) >= 11 is 0. The molecule has 0 aromatic heterocycles. The Morgan fingerprint density at radius 2 is 1.16 bits per heavy atom. The monoisotopic (exact) mass is 545 g/mol. The smallest absolute Gasteiger partial charge is 0.217 e. The second-order valence-electron chi connectivity index (χ2n) is 9.07. The highest BCUT2D eigenvalue weighted by molar-refractivity contribution is 5.73. The predicted molar refractivity (Wildman–Crippen MR) is 113 cm³/mol. The number of aliphatic hydroxyl groups is 10. The van der Waals surface area contributed by atoms with E-state index in [4.69, 9.17) is 23.7 Å². The van der Waals surface area contributed by atoms with Gasteiger partial charge in [-0.25, -0.2) is 0 Å². The van der Waals surface area contributed by atoms with E-state index in [9.17, 15) is 55.9 Å². The SMILES string of the molecule is CC(=O)NC1[C@H](O)O[C@H](CO)[C@@H](O[C@@H]2O[C@H](CO)[C@H](O)[C@H](O[C@H]3O[C@H](CO)[C@H](O)[C@H](O)[C@H]3O)[C@H]2O)[C@@H]1O. The fraction of sp³-hybridized carbons (Fsp3) is 0.950. The van der Waals surface area contributed by atoms with Crippen LogP contribution in [0.4, 0.5) is 0 Å². The summed E-state index contributed by atoms with van der Waals surface area (Å²) < 4.78 is 26.9. The van der Waals surface area contributed by atoms with Crippen LogP contribution in [0.5, 0.6) is 0 Å². The molecule has 0 bridgehead atoms. The number of ether oxygens (including phenoxy) is 5. The second-order valence-corrected chi connectivity index (χ2v) is 9.07. The van der Waals surface area contributed by atoms with E-state index in [0.29, 0.717) is 0 Å². The molecule has 0 spiro atoms. The molecule has 0 saturated carbocycles. The molecular weight excluding hydrogens is 510 g/mol. The third-order valence-electron chi connectivity index (χ3n) is 6.50. The third kappa shape index (κ3) is 6.38. The lowest BCUT2D eigenvalue weighted by molar-refractivity contribution is -0.375. The standard InChI is InChI=1S/C20H35NO16/c1-5(25)21-9-12(28)16(8(4-24)33-18(9)32)36-20-15(31)17(11(27)7(3-23)35-20)37-19-14(30)13(29)10(26)6(2-22)34-19/h6-20,22-24,26-32H,2-4H2,1H3,(H,21,25)/t6-,7-,8-,9?,10+,11+,12-,13+,14-,15-,16-,17+,18-,19-,20+/m1/s1.